The van der Waals surface area contributed by atoms with Crippen molar-refractivity contribution in [1.29, 1.82) is 0 Å². The van der Waals surface area contributed by atoms with Crippen molar-refractivity contribution in [3.05, 3.63) is 0 Å². The Hall–Kier alpha value is -0.850. The van der Waals surface area contributed by atoms with Gasteiger partial charge in [-0.2, -0.15) is 0 Å². The Labute approximate surface area is 205 Å². The molecule has 4 N–H and O–H groups in total. The smallest absolute Gasteiger partial charge is 0.311 e. The first kappa shape index (κ1) is 24.5. The molecule has 1 heterocycles. The van der Waals surface area contributed by atoms with E-state index in [9.17, 15) is 25.2 Å². The second kappa shape index (κ2) is 7.17. The molecule has 0 aromatic heterocycles. The molecule has 6 rings (SSSR count). The summed E-state index contributed by atoms with van der Waals surface area (Å²) in [5.41, 5.74) is -6.96. The van der Waals surface area contributed by atoms with Gasteiger partial charge in [0, 0.05) is 58.7 Å². The van der Waals surface area contributed by atoms with Crippen molar-refractivity contribution in [1.82, 2.24) is 4.90 Å². The van der Waals surface area contributed by atoms with Crippen molar-refractivity contribution in [2.75, 3.05) is 41.5 Å². The molecule has 1 aliphatic heterocycles. The third-order valence-electron chi connectivity index (χ3n) is 11.7. The van der Waals surface area contributed by atoms with Crippen molar-refractivity contribution >= 4 is 5.97 Å². The minimum Gasteiger partial charge on any atom is -0.481 e. The molecule has 0 aromatic carbocycles. The molecule has 7 bridgehead atoms. The number of methoxy groups -OCH3 is 4. The summed E-state index contributed by atoms with van der Waals surface area (Å²) in [6, 6.07) is -0.602. The number of fused-ring (bicyclic) bond motifs is 2. The molecule has 1 spiro atoms. The third kappa shape index (κ3) is 2.19. The van der Waals surface area contributed by atoms with E-state index in [1.165, 1.54) is 21.3 Å². The molecule has 10 heteroatoms. The molecule has 0 amide bonds. The van der Waals surface area contributed by atoms with Crippen LogP contribution in [0.25, 0.3) is 0 Å². The van der Waals surface area contributed by atoms with Crippen LogP contribution in [-0.4, -0.2) is 120 Å². The highest BCUT2D eigenvalue weighted by Gasteiger charge is 2.93. The SMILES string of the molecule is CCN1C[C@]2(C(=O)O)CCC(OC)[C@@]34C5C[C@]6(O)[C@H](OC)C[C@](O)(C5[C@@H]6OC)[C@@](O)([C@H]13)[C@@H](OC)C24. The molecule has 4 unspecified atom stereocenters. The van der Waals surface area contributed by atoms with Crippen molar-refractivity contribution in [3.63, 3.8) is 0 Å². The van der Waals surface area contributed by atoms with Gasteiger partial charge >= 0.3 is 5.97 Å². The van der Waals surface area contributed by atoms with Crippen molar-refractivity contribution in [2.45, 2.75) is 79.9 Å². The van der Waals surface area contributed by atoms with E-state index in [2.05, 4.69) is 0 Å². The van der Waals surface area contributed by atoms with Crippen LogP contribution in [0, 0.1) is 28.6 Å². The lowest BCUT2D eigenvalue weighted by Gasteiger charge is -2.69. The van der Waals surface area contributed by atoms with E-state index >= 15 is 0 Å². The Balaban J connectivity index is 1.72. The number of nitrogens with zero attached hydrogens (tertiary/aromatic N) is 1. The van der Waals surface area contributed by atoms with Crippen LogP contribution in [0.5, 0.6) is 0 Å². The molecule has 5 saturated carbocycles. The Bertz CT molecular complexity index is 935. The van der Waals surface area contributed by atoms with Crippen LogP contribution < -0.4 is 0 Å². The number of hydrogen-bond acceptors (Lipinski definition) is 9. The standard InChI is InChI=1S/C25H39NO9/c1-6-26-11-21(20(27)28)8-7-13(32-2)24-12-9-22(29)14(33-3)10-23(30,15(12)17(22)34-4)25(31,19(24)26)18(35-5)16(21)24/h12-19,29-31H,6-11H2,1-5H3,(H,27,28)/t12?,13?,14-,15?,16?,17+,18+,19-,21-,22+,23+,24-,25+/m1/s1. The van der Waals surface area contributed by atoms with E-state index in [0.717, 1.165) is 0 Å². The summed E-state index contributed by atoms with van der Waals surface area (Å²) in [7, 11) is 6.15. The zero-order valence-electron chi connectivity index (χ0n) is 21.1. The van der Waals surface area contributed by atoms with Crippen LogP contribution in [0.1, 0.15) is 32.6 Å². The summed E-state index contributed by atoms with van der Waals surface area (Å²) >= 11 is 0. The monoisotopic (exact) mass is 497 g/mol. The number of likely N-dealkylation sites (tertiary alicyclic amines) is 1. The van der Waals surface area contributed by atoms with Crippen LogP contribution in [0.2, 0.25) is 0 Å². The van der Waals surface area contributed by atoms with E-state index in [-0.39, 0.29) is 31.4 Å². The number of ether oxygens (including phenoxy) is 4. The number of likely N-dealkylation sites (N-methyl/N-ethyl adjacent to an activating group) is 1. The maximum atomic E-state index is 13.1. The first-order valence-corrected chi connectivity index (χ1v) is 12.8. The number of aliphatic hydroxyl groups is 3. The Morgan fingerprint density at radius 3 is 2.17 bits per heavy atom. The van der Waals surface area contributed by atoms with Crippen LogP contribution in [0.4, 0.5) is 0 Å². The molecule has 35 heavy (non-hydrogen) atoms. The van der Waals surface area contributed by atoms with Gasteiger partial charge in [-0.25, -0.2) is 0 Å². The first-order chi connectivity index (χ1) is 16.5. The van der Waals surface area contributed by atoms with Crippen LogP contribution in [-0.2, 0) is 23.7 Å². The van der Waals surface area contributed by atoms with Crippen molar-refractivity contribution in [3.8, 4) is 0 Å². The van der Waals surface area contributed by atoms with Crippen molar-refractivity contribution in [2.24, 2.45) is 28.6 Å². The topological polar surface area (TPSA) is 138 Å². The lowest BCUT2D eigenvalue weighted by atomic mass is 9.42. The number of piperidine rings is 1. The van der Waals surface area contributed by atoms with Gasteiger partial charge < -0.3 is 39.4 Å². The molecule has 1 saturated heterocycles. The number of hydrogen-bond donors (Lipinski definition) is 4. The Kier molecular flexibility index (Phi) is 5.01. The Morgan fingerprint density at radius 1 is 0.971 bits per heavy atom. The maximum absolute atomic E-state index is 13.1. The molecular weight excluding hydrogens is 458 g/mol. The summed E-state index contributed by atoms with van der Waals surface area (Å²) < 4.78 is 23.9. The average molecular weight is 498 g/mol. The van der Waals surface area contributed by atoms with Gasteiger partial charge in [0.15, 0.2) is 0 Å². The van der Waals surface area contributed by atoms with Crippen LogP contribution in [0.15, 0.2) is 0 Å². The summed E-state index contributed by atoms with van der Waals surface area (Å²) in [6.07, 6.45) is -1.68. The van der Waals surface area contributed by atoms with E-state index in [4.69, 9.17) is 18.9 Å². The number of carbonyl (C=O) groups is 1. The van der Waals surface area contributed by atoms with E-state index in [1.54, 1.807) is 7.11 Å². The highest BCUT2D eigenvalue weighted by Crippen LogP contribution is 2.81. The first-order valence-electron chi connectivity index (χ1n) is 12.8. The molecule has 10 nitrogen and oxygen atoms in total. The largest absolute Gasteiger partial charge is 0.481 e. The average Bonchev–Trinajstić information content (AvgIpc) is 3.18. The normalized spacial score (nSPS) is 60.1. The third-order valence-corrected chi connectivity index (χ3v) is 11.7. The minimum absolute atomic E-state index is 0.00591. The number of aliphatic carboxylic acids is 1. The van der Waals surface area contributed by atoms with E-state index < -0.39 is 69.8 Å². The van der Waals surface area contributed by atoms with E-state index in [1.807, 2.05) is 11.8 Å². The summed E-state index contributed by atoms with van der Waals surface area (Å²) in [6.45, 7) is 2.73. The summed E-state index contributed by atoms with van der Waals surface area (Å²) in [5.74, 6) is -2.51. The summed E-state index contributed by atoms with van der Waals surface area (Å²) in [5, 5.41) is 48.4. The fraction of sp³-hybridized carbons (Fsp3) is 0.960. The van der Waals surface area contributed by atoms with E-state index in [0.29, 0.717) is 19.4 Å². The van der Waals surface area contributed by atoms with Gasteiger partial charge in [-0.3, -0.25) is 9.69 Å². The van der Waals surface area contributed by atoms with Gasteiger partial charge in [0.25, 0.3) is 0 Å². The van der Waals surface area contributed by atoms with Gasteiger partial charge in [-0.05, 0) is 31.7 Å². The molecule has 13 atom stereocenters. The minimum atomic E-state index is -1.82. The number of rotatable bonds is 6. The van der Waals surface area contributed by atoms with Crippen molar-refractivity contribution < 1.29 is 44.2 Å². The molecule has 0 aromatic rings. The maximum Gasteiger partial charge on any atom is 0.311 e. The molecule has 6 aliphatic rings. The predicted molar refractivity (Wildman–Crippen MR) is 121 cm³/mol. The fourth-order valence-corrected chi connectivity index (χ4v) is 10.9. The highest BCUT2D eigenvalue weighted by atomic mass is 16.5. The lowest BCUT2D eigenvalue weighted by Crippen LogP contribution is -2.82. The number of carboxylic acid groups (broad SMARTS) is 1. The zero-order valence-corrected chi connectivity index (χ0v) is 21.1. The summed E-state index contributed by atoms with van der Waals surface area (Å²) in [4.78, 5) is 15.2. The fourth-order valence-electron chi connectivity index (χ4n) is 10.9. The van der Waals surface area contributed by atoms with Gasteiger partial charge in [-0.1, -0.05) is 6.92 Å². The molecule has 0 radical (unpaired) electrons. The van der Waals surface area contributed by atoms with Gasteiger partial charge in [0.1, 0.15) is 16.8 Å². The molecule has 5 aliphatic carbocycles. The van der Waals surface area contributed by atoms with Crippen LogP contribution in [0.3, 0.4) is 0 Å². The van der Waals surface area contributed by atoms with Gasteiger partial charge in [0.2, 0.25) is 0 Å². The Morgan fingerprint density at radius 2 is 1.63 bits per heavy atom. The van der Waals surface area contributed by atoms with Crippen LogP contribution >= 0.6 is 0 Å². The molecular formula is C25H39NO9. The molecule has 198 valence electrons. The zero-order chi connectivity index (χ0) is 25.3. The quantitative estimate of drug-likeness (QED) is 0.379. The second-order valence-electron chi connectivity index (χ2n) is 12.0. The highest BCUT2D eigenvalue weighted by molar-refractivity contribution is 5.77. The lowest BCUT2D eigenvalue weighted by molar-refractivity contribution is -0.327. The van der Waals surface area contributed by atoms with Gasteiger partial charge in [0.05, 0.1) is 35.9 Å². The van der Waals surface area contributed by atoms with Gasteiger partial charge in [-0.15, -0.1) is 0 Å². The molecule has 6 fully saturated rings. The second-order valence-corrected chi connectivity index (χ2v) is 12.0. The number of carboxylic acids is 1. The predicted octanol–water partition coefficient (Wildman–Crippen LogP) is -0.522.